The van der Waals surface area contributed by atoms with Crippen molar-refractivity contribution in [3.8, 4) is 5.69 Å². The van der Waals surface area contributed by atoms with Gasteiger partial charge in [0.1, 0.15) is 0 Å². The van der Waals surface area contributed by atoms with E-state index in [0.717, 1.165) is 22.5 Å². The fraction of sp³-hybridized carbons (Fsp3) is 0.381. The average molecular weight is 366 g/mol. The number of benzene rings is 1. The molecular formula is C21H26N4O2. The largest absolute Gasteiger partial charge is 0.354 e. The Labute approximate surface area is 158 Å². The topological polar surface area (TPSA) is 68.9 Å². The predicted molar refractivity (Wildman–Crippen MR) is 107 cm³/mol. The van der Waals surface area contributed by atoms with Gasteiger partial charge in [-0.1, -0.05) is 12.1 Å². The summed E-state index contributed by atoms with van der Waals surface area (Å²) < 4.78 is 3.55. The van der Waals surface area contributed by atoms with Gasteiger partial charge in [0.05, 0.1) is 11.7 Å². The monoisotopic (exact) mass is 366 g/mol. The number of carbonyl (C=O) groups is 1. The standard InChI is InChI=1S/C21H26N4O2/c1-13(2)23-18(26)9-10-24-12-22-20-19(21(24)27)15(4)16(5)25(20)17-8-6-7-14(3)11-17/h6-8,11-13H,9-10H2,1-5H3,(H,23,26). The van der Waals surface area contributed by atoms with Gasteiger partial charge in [-0.25, -0.2) is 4.98 Å². The quantitative estimate of drug-likeness (QED) is 0.755. The number of rotatable bonds is 5. The number of carbonyl (C=O) groups excluding carboxylic acids is 1. The number of nitrogens with zero attached hydrogens (tertiary/aromatic N) is 3. The summed E-state index contributed by atoms with van der Waals surface area (Å²) in [5, 5.41) is 3.45. The number of hydrogen-bond donors (Lipinski definition) is 1. The van der Waals surface area contributed by atoms with Gasteiger partial charge in [-0.05, 0) is 57.9 Å². The molecule has 0 aliphatic carbocycles. The summed E-state index contributed by atoms with van der Waals surface area (Å²) in [5.74, 6) is -0.0674. The van der Waals surface area contributed by atoms with Crippen molar-refractivity contribution in [2.75, 3.05) is 0 Å². The van der Waals surface area contributed by atoms with Crippen LogP contribution in [-0.2, 0) is 11.3 Å². The van der Waals surface area contributed by atoms with E-state index in [1.807, 2.05) is 57.4 Å². The molecule has 6 heteroatoms. The summed E-state index contributed by atoms with van der Waals surface area (Å²) in [6.07, 6.45) is 1.79. The third-order valence-corrected chi connectivity index (χ3v) is 4.77. The van der Waals surface area contributed by atoms with Gasteiger partial charge in [0.2, 0.25) is 5.91 Å². The van der Waals surface area contributed by atoms with Gasteiger partial charge in [0, 0.05) is 30.4 Å². The van der Waals surface area contributed by atoms with Crippen molar-refractivity contribution in [3.05, 3.63) is 57.8 Å². The molecule has 0 unspecified atom stereocenters. The van der Waals surface area contributed by atoms with E-state index in [-0.39, 0.29) is 23.9 Å². The second-order valence-corrected chi connectivity index (χ2v) is 7.30. The van der Waals surface area contributed by atoms with Gasteiger partial charge in [-0.3, -0.25) is 18.7 Å². The lowest BCUT2D eigenvalue weighted by Crippen LogP contribution is -2.32. The highest BCUT2D eigenvalue weighted by Gasteiger charge is 2.18. The summed E-state index contributed by atoms with van der Waals surface area (Å²) in [4.78, 5) is 29.5. The Hall–Kier alpha value is -2.89. The molecule has 2 heterocycles. The first-order chi connectivity index (χ1) is 12.8. The van der Waals surface area contributed by atoms with Crippen molar-refractivity contribution >= 4 is 16.9 Å². The molecule has 0 aliphatic heterocycles. The molecule has 3 aromatic rings. The smallest absolute Gasteiger partial charge is 0.263 e. The summed E-state index contributed by atoms with van der Waals surface area (Å²) in [6.45, 7) is 10.1. The lowest BCUT2D eigenvalue weighted by molar-refractivity contribution is -0.121. The Morgan fingerprint density at radius 1 is 1.22 bits per heavy atom. The second kappa shape index (κ2) is 7.39. The normalized spacial score (nSPS) is 11.3. The van der Waals surface area contributed by atoms with E-state index in [1.165, 1.54) is 4.57 Å². The summed E-state index contributed by atoms with van der Waals surface area (Å²) in [7, 11) is 0. The van der Waals surface area contributed by atoms with E-state index in [9.17, 15) is 9.59 Å². The van der Waals surface area contributed by atoms with Crippen LogP contribution in [0.25, 0.3) is 16.7 Å². The van der Waals surface area contributed by atoms with Crippen LogP contribution < -0.4 is 10.9 Å². The molecule has 0 radical (unpaired) electrons. The van der Waals surface area contributed by atoms with Gasteiger partial charge in [-0.2, -0.15) is 0 Å². The van der Waals surface area contributed by atoms with Crippen molar-refractivity contribution in [1.82, 2.24) is 19.4 Å². The van der Waals surface area contributed by atoms with E-state index >= 15 is 0 Å². The lowest BCUT2D eigenvalue weighted by atomic mass is 10.2. The number of aromatic nitrogens is 3. The molecule has 6 nitrogen and oxygen atoms in total. The first-order valence-corrected chi connectivity index (χ1v) is 9.23. The molecule has 0 atom stereocenters. The van der Waals surface area contributed by atoms with Crippen molar-refractivity contribution < 1.29 is 4.79 Å². The zero-order valence-electron chi connectivity index (χ0n) is 16.5. The SMILES string of the molecule is Cc1cccc(-n2c(C)c(C)c3c(=O)n(CCC(=O)NC(C)C)cnc32)c1. The molecule has 0 fully saturated rings. The maximum absolute atomic E-state index is 13.0. The van der Waals surface area contributed by atoms with Crippen molar-refractivity contribution in [2.24, 2.45) is 0 Å². The van der Waals surface area contributed by atoms with Crippen LogP contribution in [-0.4, -0.2) is 26.1 Å². The highest BCUT2D eigenvalue weighted by atomic mass is 16.2. The van der Waals surface area contributed by atoms with Crippen LogP contribution in [0.4, 0.5) is 0 Å². The van der Waals surface area contributed by atoms with Crippen LogP contribution in [0.3, 0.4) is 0 Å². The van der Waals surface area contributed by atoms with Gasteiger partial charge in [0.25, 0.3) is 5.56 Å². The van der Waals surface area contributed by atoms with Crippen LogP contribution in [0.2, 0.25) is 0 Å². The van der Waals surface area contributed by atoms with Crippen LogP contribution in [0.1, 0.15) is 37.1 Å². The molecule has 1 amide bonds. The maximum Gasteiger partial charge on any atom is 0.263 e. The minimum Gasteiger partial charge on any atom is -0.354 e. The zero-order chi connectivity index (χ0) is 19.7. The van der Waals surface area contributed by atoms with E-state index in [0.29, 0.717) is 17.6 Å². The summed E-state index contributed by atoms with van der Waals surface area (Å²) in [5.41, 5.74) is 4.61. The molecule has 0 saturated heterocycles. The van der Waals surface area contributed by atoms with E-state index in [1.54, 1.807) is 6.33 Å². The highest BCUT2D eigenvalue weighted by Crippen LogP contribution is 2.25. The Morgan fingerprint density at radius 3 is 2.63 bits per heavy atom. The number of fused-ring (bicyclic) bond motifs is 1. The molecule has 142 valence electrons. The van der Waals surface area contributed by atoms with Gasteiger partial charge >= 0.3 is 0 Å². The first kappa shape index (κ1) is 18.9. The fourth-order valence-electron chi connectivity index (χ4n) is 3.34. The average Bonchev–Trinajstić information content (AvgIpc) is 2.85. The predicted octanol–water partition coefficient (Wildman–Crippen LogP) is 3.03. The van der Waals surface area contributed by atoms with E-state index in [2.05, 4.69) is 16.4 Å². The van der Waals surface area contributed by atoms with E-state index in [4.69, 9.17) is 0 Å². The maximum atomic E-state index is 13.0. The minimum atomic E-state index is -0.107. The van der Waals surface area contributed by atoms with Gasteiger partial charge < -0.3 is 5.32 Å². The number of aryl methyl sites for hydroxylation is 3. The van der Waals surface area contributed by atoms with Crippen molar-refractivity contribution in [2.45, 2.75) is 53.6 Å². The molecule has 0 spiro atoms. The first-order valence-electron chi connectivity index (χ1n) is 9.23. The van der Waals surface area contributed by atoms with Crippen molar-refractivity contribution in [1.29, 1.82) is 0 Å². The second-order valence-electron chi connectivity index (χ2n) is 7.30. The Balaban J connectivity index is 2.04. The van der Waals surface area contributed by atoms with Crippen LogP contribution in [0, 0.1) is 20.8 Å². The summed E-state index contributed by atoms with van der Waals surface area (Å²) >= 11 is 0. The minimum absolute atomic E-state index is 0.0674. The van der Waals surface area contributed by atoms with Crippen LogP contribution in [0.15, 0.2) is 35.4 Å². The Morgan fingerprint density at radius 2 is 1.96 bits per heavy atom. The van der Waals surface area contributed by atoms with E-state index < -0.39 is 0 Å². The zero-order valence-corrected chi connectivity index (χ0v) is 16.5. The molecule has 1 N–H and O–H groups in total. The Bertz CT molecular complexity index is 1060. The number of hydrogen-bond acceptors (Lipinski definition) is 3. The molecule has 3 rings (SSSR count). The Kier molecular flexibility index (Phi) is 5.17. The number of nitrogens with one attached hydrogen (secondary N) is 1. The molecule has 2 aromatic heterocycles. The fourth-order valence-corrected chi connectivity index (χ4v) is 3.34. The van der Waals surface area contributed by atoms with Crippen LogP contribution in [0.5, 0.6) is 0 Å². The highest BCUT2D eigenvalue weighted by molar-refractivity contribution is 5.83. The molecular weight excluding hydrogens is 340 g/mol. The van der Waals surface area contributed by atoms with Gasteiger partial charge in [0.15, 0.2) is 5.65 Å². The molecule has 0 saturated carbocycles. The van der Waals surface area contributed by atoms with Gasteiger partial charge in [-0.15, -0.1) is 0 Å². The summed E-state index contributed by atoms with van der Waals surface area (Å²) in [6, 6.07) is 8.22. The molecule has 0 aliphatic rings. The number of amides is 1. The molecule has 1 aromatic carbocycles. The van der Waals surface area contributed by atoms with Crippen molar-refractivity contribution in [3.63, 3.8) is 0 Å². The molecule has 0 bridgehead atoms. The van der Waals surface area contributed by atoms with Crippen LogP contribution >= 0.6 is 0 Å². The molecule has 27 heavy (non-hydrogen) atoms. The lowest BCUT2D eigenvalue weighted by Gasteiger charge is -2.10. The third-order valence-electron chi connectivity index (χ3n) is 4.77. The third kappa shape index (κ3) is 3.65.